The van der Waals surface area contributed by atoms with Crippen molar-refractivity contribution in [3.8, 4) is 0 Å². The Hall–Kier alpha value is -3.10. The Kier molecular flexibility index (Phi) is 4.95. The van der Waals surface area contributed by atoms with E-state index in [4.69, 9.17) is 5.21 Å². The Morgan fingerprint density at radius 1 is 0.913 bits per heavy atom. The van der Waals surface area contributed by atoms with Crippen molar-refractivity contribution >= 4 is 28.4 Å². The van der Waals surface area contributed by atoms with Crippen LogP contribution in [0.4, 0.5) is 28.4 Å². The highest BCUT2D eigenvalue weighted by Crippen LogP contribution is 2.48. The van der Waals surface area contributed by atoms with Gasteiger partial charge in [-0.15, -0.1) is 0 Å². The number of benzene rings is 1. The Labute approximate surface area is 127 Å². The molecule has 0 unspecified atom stereocenters. The summed E-state index contributed by atoms with van der Waals surface area (Å²) in [4.78, 5) is 31.3. The van der Waals surface area contributed by atoms with E-state index in [2.05, 4.69) is 0 Å². The highest BCUT2D eigenvalue weighted by Gasteiger charge is 2.40. The summed E-state index contributed by atoms with van der Waals surface area (Å²) >= 11 is 0. The van der Waals surface area contributed by atoms with Crippen LogP contribution in [0.25, 0.3) is 0 Å². The number of nitro benzene ring substituents is 3. The first kappa shape index (κ1) is 18.0. The summed E-state index contributed by atoms with van der Waals surface area (Å²) in [6.07, 6.45) is 0. The van der Waals surface area contributed by atoms with Crippen LogP contribution in [-0.2, 0) is 0 Å². The maximum Gasteiger partial charge on any atom is 0.331 e. The van der Waals surface area contributed by atoms with Crippen molar-refractivity contribution < 1.29 is 20.0 Å². The zero-order valence-corrected chi connectivity index (χ0v) is 12.1. The average Bonchev–Trinajstić information content (AvgIpc) is 2.43. The number of hydrazine groups is 1. The third-order valence-corrected chi connectivity index (χ3v) is 2.81. The van der Waals surface area contributed by atoms with Gasteiger partial charge in [-0.2, -0.15) is 5.34 Å². The van der Waals surface area contributed by atoms with Gasteiger partial charge in [0.05, 0.1) is 20.8 Å². The lowest BCUT2D eigenvalue weighted by atomic mass is 10.1. The van der Waals surface area contributed by atoms with Gasteiger partial charge in [0.15, 0.2) is 5.69 Å². The molecule has 0 radical (unpaired) electrons. The van der Waals surface area contributed by atoms with Crippen molar-refractivity contribution in [1.29, 1.82) is 0 Å². The molecule has 0 aliphatic heterocycles. The highest BCUT2D eigenvalue weighted by atomic mass is 16.8. The summed E-state index contributed by atoms with van der Waals surface area (Å²) in [5.41, 5.74) is -4.48. The second-order valence-corrected chi connectivity index (χ2v) is 4.40. The van der Waals surface area contributed by atoms with Crippen LogP contribution in [-0.4, -0.2) is 46.5 Å². The molecule has 0 atom stereocenters. The fourth-order valence-corrected chi connectivity index (χ4v) is 1.92. The maximum atomic E-state index is 11.3. The monoisotopic (exact) mass is 331 g/mol. The zero-order chi connectivity index (χ0) is 18.1. The van der Waals surface area contributed by atoms with E-state index in [1.807, 2.05) is 0 Å². The molecule has 0 aromatic heterocycles. The third kappa shape index (κ3) is 3.23. The minimum atomic E-state index is -1.13. The maximum absolute atomic E-state index is 11.3. The molecule has 0 heterocycles. The minimum absolute atomic E-state index is 0.187. The van der Waals surface area contributed by atoms with Crippen LogP contribution < -0.4 is 9.91 Å². The zero-order valence-electron chi connectivity index (χ0n) is 12.1. The van der Waals surface area contributed by atoms with Crippen LogP contribution in [0.3, 0.4) is 0 Å². The van der Waals surface area contributed by atoms with Crippen molar-refractivity contribution in [1.82, 2.24) is 5.34 Å². The molecule has 0 aliphatic rings. The summed E-state index contributed by atoms with van der Waals surface area (Å²) in [5.74, 6) is 0. The lowest BCUT2D eigenvalue weighted by molar-refractivity contribution is -0.401. The molecule has 1 rings (SSSR count). The van der Waals surface area contributed by atoms with E-state index in [9.17, 15) is 35.6 Å². The molecule has 0 saturated heterocycles. The van der Waals surface area contributed by atoms with Gasteiger partial charge in [0, 0.05) is 21.1 Å². The van der Waals surface area contributed by atoms with Crippen LogP contribution in [0.15, 0.2) is 6.07 Å². The summed E-state index contributed by atoms with van der Waals surface area (Å²) < 4.78 is 0. The second kappa shape index (κ2) is 6.34. The highest BCUT2D eigenvalue weighted by molar-refractivity contribution is 5.90. The summed E-state index contributed by atoms with van der Waals surface area (Å²) in [5, 5.41) is 52.7. The molecule has 0 bridgehead atoms. The predicted molar refractivity (Wildman–Crippen MR) is 76.1 cm³/mol. The van der Waals surface area contributed by atoms with E-state index in [0.29, 0.717) is 6.07 Å². The van der Waals surface area contributed by atoms with Gasteiger partial charge in [0.1, 0.15) is 0 Å². The fraction of sp³-hybridized carbons (Fsp3) is 0.333. The molecule has 1 N–H and O–H groups in total. The van der Waals surface area contributed by atoms with Crippen molar-refractivity contribution in [3.63, 3.8) is 0 Å². The summed E-state index contributed by atoms with van der Waals surface area (Å²) in [6.45, 7) is 0. The fourth-order valence-electron chi connectivity index (χ4n) is 1.92. The lowest BCUT2D eigenvalue weighted by Gasteiger charge is -2.31. The molecule has 14 heteroatoms. The number of rotatable bonds is 6. The van der Waals surface area contributed by atoms with Crippen molar-refractivity contribution in [2.45, 2.75) is 0 Å². The number of hydrogen-bond acceptors (Lipinski definition) is 11. The molecule has 1 aromatic rings. The van der Waals surface area contributed by atoms with E-state index in [0.717, 1.165) is 11.9 Å². The van der Waals surface area contributed by atoms with Gasteiger partial charge in [0.2, 0.25) is 5.69 Å². The standard InChI is InChI=1S/C9H11N6O8/c1-10(2)7-5(12(16)17)4-6(13(18)19)8(9(7)14(20)21)11(3)15(22)23/h4,22H,1-3H3/q-1. The summed E-state index contributed by atoms with van der Waals surface area (Å²) in [6, 6.07) is 0.484. The molecule has 0 spiro atoms. The molecule has 1 aromatic carbocycles. The Balaban J connectivity index is 4.06. The number of nitrogens with zero attached hydrogens (tertiary/aromatic N) is 6. The van der Waals surface area contributed by atoms with Crippen LogP contribution in [0, 0.1) is 35.6 Å². The smallest absolute Gasteiger partial charge is 0.331 e. The average molecular weight is 331 g/mol. The molecule has 14 nitrogen and oxygen atoms in total. The molecular formula is C9H11N6O8-. The molecule has 0 saturated carbocycles. The molecule has 23 heavy (non-hydrogen) atoms. The topological polar surface area (TPSA) is 182 Å². The van der Waals surface area contributed by atoms with E-state index in [-0.39, 0.29) is 5.01 Å². The SMILES string of the molecule is CN(C)c1c([N+](=O)[O-])cc([N+](=O)[O-])c(N(C)N([O-])O)c1[N+](=O)[O-]. The first-order valence-corrected chi connectivity index (χ1v) is 5.72. The number of anilines is 2. The van der Waals surface area contributed by atoms with Crippen LogP contribution in [0.1, 0.15) is 0 Å². The molecular weight excluding hydrogens is 320 g/mol. The van der Waals surface area contributed by atoms with E-state index >= 15 is 0 Å². The van der Waals surface area contributed by atoms with Gasteiger partial charge in [-0.3, -0.25) is 35.4 Å². The third-order valence-electron chi connectivity index (χ3n) is 2.81. The summed E-state index contributed by atoms with van der Waals surface area (Å²) in [7, 11) is 3.32. The molecule has 0 amide bonds. The number of hydrogen-bond donors (Lipinski definition) is 1. The Morgan fingerprint density at radius 3 is 1.65 bits per heavy atom. The van der Waals surface area contributed by atoms with Crippen LogP contribution in [0.5, 0.6) is 0 Å². The second-order valence-electron chi connectivity index (χ2n) is 4.40. The minimum Gasteiger partial charge on any atom is -0.743 e. The van der Waals surface area contributed by atoms with Crippen LogP contribution >= 0.6 is 0 Å². The van der Waals surface area contributed by atoms with E-state index < -0.39 is 48.5 Å². The van der Waals surface area contributed by atoms with Crippen molar-refractivity contribution in [2.75, 3.05) is 31.1 Å². The first-order chi connectivity index (χ1) is 10.5. The number of nitro groups is 3. The van der Waals surface area contributed by atoms with Gasteiger partial charge in [-0.25, -0.2) is 0 Å². The van der Waals surface area contributed by atoms with Crippen LogP contribution in [0.2, 0.25) is 0 Å². The Morgan fingerprint density at radius 2 is 1.35 bits per heavy atom. The van der Waals surface area contributed by atoms with Crippen molar-refractivity contribution in [3.05, 3.63) is 41.6 Å². The van der Waals surface area contributed by atoms with Gasteiger partial charge in [-0.1, -0.05) is 0 Å². The molecule has 126 valence electrons. The van der Waals surface area contributed by atoms with Gasteiger partial charge in [-0.05, 0) is 0 Å². The van der Waals surface area contributed by atoms with E-state index in [1.165, 1.54) is 14.1 Å². The van der Waals surface area contributed by atoms with Gasteiger partial charge >= 0.3 is 17.1 Å². The van der Waals surface area contributed by atoms with E-state index in [1.54, 1.807) is 0 Å². The molecule has 0 fully saturated rings. The predicted octanol–water partition coefficient (Wildman–Crippen LogP) is 1.02. The van der Waals surface area contributed by atoms with Gasteiger partial charge < -0.3 is 15.3 Å². The lowest BCUT2D eigenvalue weighted by Crippen LogP contribution is -2.33. The quantitative estimate of drug-likeness (QED) is 0.579. The molecule has 0 aliphatic carbocycles. The first-order valence-electron chi connectivity index (χ1n) is 5.72. The van der Waals surface area contributed by atoms with Crippen molar-refractivity contribution in [2.24, 2.45) is 0 Å². The van der Waals surface area contributed by atoms with Gasteiger partial charge in [0.25, 0.3) is 0 Å². The largest absolute Gasteiger partial charge is 0.743 e. The normalized spacial score (nSPS) is 10.5. The Bertz CT molecular complexity index is 674.